The molecule has 33 heavy (non-hydrogen) atoms. The molecule has 1 amide bonds. The quantitative estimate of drug-likeness (QED) is 0.306. The second kappa shape index (κ2) is 9.73. The molecule has 3 aromatic rings. The van der Waals surface area contributed by atoms with Gasteiger partial charge in [0.1, 0.15) is 17.3 Å². The molecule has 1 aliphatic rings. The molecule has 1 N–H and O–H groups in total. The summed E-state index contributed by atoms with van der Waals surface area (Å²) in [5, 5.41) is 11.1. The van der Waals surface area contributed by atoms with Gasteiger partial charge in [-0.1, -0.05) is 26.0 Å². The first-order chi connectivity index (χ1) is 16.0. The number of ether oxygens (including phenoxy) is 1. The number of benzene rings is 1. The van der Waals surface area contributed by atoms with E-state index < -0.39 is 17.7 Å². The Morgan fingerprint density at radius 1 is 1.15 bits per heavy atom. The standard InChI is InChI=1S/C26H26N2O5/c1-17(2)10-14-33-20-6-3-5-19(15-20)23-22(24(29)18-8-11-27-12-9-18)25(30)26(31)28(23)16-21-7-4-13-32-21/h3-9,11-13,15,17,23,29H,10,14,16H2,1-2H3/b24-22+. The van der Waals surface area contributed by atoms with Crippen LogP contribution >= 0.6 is 0 Å². The first kappa shape index (κ1) is 22.3. The van der Waals surface area contributed by atoms with E-state index in [1.165, 1.54) is 23.6 Å². The predicted molar refractivity (Wildman–Crippen MR) is 122 cm³/mol. The molecule has 0 aliphatic carbocycles. The highest BCUT2D eigenvalue weighted by atomic mass is 16.5. The van der Waals surface area contributed by atoms with Crippen molar-refractivity contribution in [3.63, 3.8) is 0 Å². The van der Waals surface area contributed by atoms with Crippen molar-refractivity contribution in [2.24, 2.45) is 5.92 Å². The van der Waals surface area contributed by atoms with Crippen molar-refractivity contribution in [1.29, 1.82) is 0 Å². The third-order valence-corrected chi connectivity index (χ3v) is 5.54. The number of aromatic nitrogens is 1. The molecule has 7 nitrogen and oxygen atoms in total. The monoisotopic (exact) mass is 446 g/mol. The van der Waals surface area contributed by atoms with Crippen molar-refractivity contribution in [2.45, 2.75) is 32.9 Å². The smallest absolute Gasteiger partial charge is 0.296 e. The molecule has 1 atom stereocenters. The Balaban J connectivity index is 1.77. The van der Waals surface area contributed by atoms with Crippen LogP contribution in [-0.4, -0.2) is 33.3 Å². The molecule has 0 spiro atoms. The maximum absolute atomic E-state index is 13.1. The summed E-state index contributed by atoms with van der Waals surface area (Å²) < 4.78 is 11.3. The second-order valence-corrected chi connectivity index (χ2v) is 8.35. The summed E-state index contributed by atoms with van der Waals surface area (Å²) >= 11 is 0. The molecule has 3 heterocycles. The van der Waals surface area contributed by atoms with E-state index in [9.17, 15) is 14.7 Å². The van der Waals surface area contributed by atoms with E-state index in [4.69, 9.17) is 9.15 Å². The van der Waals surface area contributed by atoms with Gasteiger partial charge in [0.25, 0.3) is 11.7 Å². The van der Waals surface area contributed by atoms with E-state index in [0.29, 0.717) is 35.2 Å². The summed E-state index contributed by atoms with van der Waals surface area (Å²) in [6.07, 6.45) is 5.46. The van der Waals surface area contributed by atoms with Gasteiger partial charge < -0.3 is 19.2 Å². The first-order valence-corrected chi connectivity index (χ1v) is 10.9. The number of carbonyl (C=O) groups is 2. The Labute approximate surface area is 192 Å². The lowest BCUT2D eigenvalue weighted by Crippen LogP contribution is -2.29. The van der Waals surface area contributed by atoms with Crippen LogP contribution in [0.3, 0.4) is 0 Å². The zero-order chi connectivity index (χ0) is 23.4. The molecule has 0 saturated carbocycles. The highest BCUT2D eigenvalue weighted by Gasteiger charge is 2.46. The van der Waals surface area contributed by atoms with Gasteiger partial charge in [0.05, 0.1) is 31.0 Å². The molecular formula is C26H26N2O5. The SMILES string of the molecule is CC(C)CCOc1cccc(C2/C(=C(\O)c3ccncc3)C(=O)C(=O)N2Cc2ccco2)c1. The lowest BCUT2D eigenvalue weighted by atomic mass is 9.95. The minimum Gasteiger partial charge on any atom is -0.507 e. The van der Waals surface area contributed by atoms with Gasteiger partial charge in [-0.3, -0.25) is 14.6 Å². The van der Waals surface area contributed by atoms with E-state index in [-0.39, 0.29) is 17.9 Å². The van der Waals surface area contributed by atoms with Crippen molar-refractivity contribution in [3.8, 4) is 5.75 Å². The van der Waals surface area contributed by atoms with Crippen LogP contribution in [0.5, 0.6) is 5.75 Å². The zero-order valence-corrected chi connectivity index (χ0v) is 18.6. The number of hydrogen-bond acceptors (Lipinski definition) is 6. The van der Waals surface area contributed by atoms with Crippen LogP contribution in [0.4, 0.5) is 0 Å². The van der Waals surface area contributed by atoms with Gasteiger partial charge in [0.15, 0.2) is 0 Å². The minimum atomic E-state index is -0.795. The molecule has 1 aromatic carbocycles. The summed E-state index contributed by atoms with van der Waals surface area (Å²) in [5.74, 6) is 0.00336. The van der Waals surface area contributed by atoms with Crippen molar-refractivity contribution in [3.05, 3.63) is 89.6 Å². The van der Waals surface area contributed by atoms with E-state index >= 15 is 0 Å². The van der Waals surface area contributed by atoms with Gasteiger partial charge in [0, 0.05) is 18.0 Å². The predicted octanol–water partition coefficient (Wildman–Crippen LogP) is 4.72. The van der Waals surface area contributed by atoms with E-state index in [1.54, 1.807) is 24.3 Å². The zero-order valence-electron chi connectivity index (χ0n) is 18.6. The van der Waals surface area contributed by atoms with Crippen LogP contribution in [0.15, 0.2) is 77.2 Å². The fraction of sp³-hybridized carbons (Fsp3) is 0.269. The van der Waals surface area contributed by atoms with Gasteiger partial charge in [-0.2, -0.15) is 0 Å². The number of pyridine rings is 1. The third-order valence-electron chi connectivity index (χ3n) is 5.54. The number of rotatable bonds is 8. The Bertz CT molecular complexity index is 1150. The molecule has 0 radical (unpaired) electrons. The van der Waals surface area contributed by atoms with E-state index in [0.717, 1.165) is 6.42 Å². The molecule has 7 heteroatoms. The van der Waals surface area contributed by atoms with Crippen LogP contribution in [-0.2, 0) is 16.1 Å². The molecular weight excluding hydrogens is 420 g/mol. The maximum atomic E-state index is 13.1. The molecule has 1 saturated heterocycles. The number of likely N-dealkylation sites (tertiary alicyclic amines) is 1. The number of aliphatic hydroxyl groups is 1. The number of furan rings is 1. The molecule has 1 unspecified atom stereocenters. The van der Waals surface area contributed by atoms with Crippen molar-refractivity contribution in [1.82, 2.24) is 9.88 Å². The number of amides is 1. The Morgan fingerprint density at radius 3 is 2.64 bits per heavy atom. The van der Waals surface area contributed by atoms with Crippen LogP contribution in [0.2, 0.25) is 0 Å². The summed E-state index contributed by atoms with van der Waals surface area (Å²) in [5.41, 5.74) is 1.10. The number of hydrogen-bond donors (Lipinski definition) is 1. The topological polar surface area (TPSA) is 92.9 Å². The molecule has 1 aliphatic heterocycles. The molecule has 1 fully saturated rings. The number of carbonyl (C=O) groups excluding carboxylic acids is 2. The average molecular weight is 447 g/mol. The first-order valence-electron chi connectivity index (χ1n) is 10.9. The number of nitrogens with zero attached hydrogens (tertiary/aromatic N) is 2. The second-order valence-electron chi connectivity index (χ2n) is 8.35. The summed E-state index contributed by atoms with van der Waals surface area (Å²) in [6.45, 7) is 4.90. The lowest BCUT2D eigenvalue weighted by Gasteiger charge is -2.25. The van der Waals surface area contributed by atoms with Gasteiger partial charge in [0.2, 0.25) is 0 Å². The Morgan fingerprint density at radius 2 is 1.94 bits per heavy atom. The third kappa shape index (κ3) is 4.82. The molecule has 4 rings (SSSR count). The summed E-state index contributed by atoms with van der Waals surface area (Å²) in [7, 11) is 0. The van der Waals surface area contributed by atoms with Crippen LogP contribution in [0.1, 0.15) is 43.2 Å². The van der Waals surface area contributed by atoms with E-state index in [1.807, 2.05) is 24.3 Å². The van der Waals surface area contributed by atoms with Gasteiger partial charge in [-0.15, -0.1) is 0 Å². The fourth-order valence-corrected chi connectivity index (χ4v) is 3.81. The Kier molecular flexibility index (Phi) is 6.58. The minimum absolute atomic E-state index is 0.0251. The number of ketones is 1. The van der Waals surface area contributed by atoms with Gasteiger partial charge in [-0.25, -0.2) is 0 Å². The van der Waals surface area contributed by atoms with Crippen LogP contribution < -0.4 is 4.74 Å². The van der Waals surface area contributed by atoms with Crippen LogP contribution in [0.25, 0.3) is 5.76 Å². The summed E-state index contributed by atoms with van der Waals surface area (Å²) in [6, 6.07) is 13.1. The highest BCUT2D eigenvalue weighted by molar-refractivity contribution is 6.46. The maximum Gasteiger partial charge on any atom is 0.296 e. The average Bonchev–Trinajstić information content (AvgIpc) is 3.41. The lowest BCUT2D eigenvalue weighted by molar-refractivity contribution is -0.140. The van der Waals surface area contributed by atoms with E-state index in [2.05, 4.69) is 18.8 Å². The number of Topliss-reactive ketones (excluding diaryl/α,β-unsaturated/α-hetero) is 1. The fourth-order valence-electron chi connectivity index (χ4n) is 3.81. The molecule has 170 valence electrons. The molecule has 2 aromatic heterocycles. The normalized spacial score (nSPS) is 17.7. The van der Waals surface area contributed by atoms with Gasteiger partial charge >= 0.3 is 0 Å². The van der Waals surface area contributed by atoms with Crippen molar-refractivity contribution in [2.75, 3.05) is 6.61 Å². The largest absolute Gasteiger partial charge is 0.507 e. The van der Waals surface area contributed by atoms with Crippen molar-refractivity contribution >= 4 is 17.4 Å². The van der Waals surface area contributed by atoms with Crippen LogP contribution in [0, 0.1) is 5.92 Å². The highest BCUT2D eigenvalue weighted by Crippen LogP contribution is 2.41. The Hall–Kier alpha value is -3.87. The molecule has 0 bridgehead atoms. The van der Waals surface area contributed by atoms with Crippen molar-refractivity contribution < 1.29 is 23.8 Å². The number of aliphatic hydroxyl groups excluding tert-OH is 1. The van der Waals surface area contributed by atoms with Gasteiger partial charge in [-0.05, 0) is 54.3 Å². The summed E-state index contributed by atoms with van der Waals surface area (Å²) in [4.78, 5) is 31.5.